The molecular formula is C28H29NO4. The number of carboxylic acids is 1. The van der Waals surface area contributed by atoms with E-state index in [4.69, 9.17) is 19.2 Å². The van der Waals surface area contributed by atoms with Crippen molar-refractivity contribution in [3.05, 3.63) is 83.2 Å². The van der Waals surface area contributed by atoms with Gasteiger partial charge in [-0.3, -0.25) is 4.79 Å². The summed E-state index contributed by atoms with van der Waals surface area (Å²) in [5.74, 6) is 1.91. The average Bonchev–Trinajstić information content (AvgIpc) is 3.18. The summed E-state index contributed by atoms with van der Waals surface area (Å²) >= 11 is 0. The molecule has 0 bridgehead atoms. The van der Waals surface area contributed by atoms with Crippen molar-refractivity contribution in [3.8, 4) is 17.2 Å². The molecule has 0 unspecified atom stereocenters. The largest absolute Gasteiger partial charge is 0.493 e. The van der Waals surface area contributed by atoms with Crippen molar-refractivity contribution < 1.29 is 19.1 Å². The highest BCUT2D eigenvalue weighted by atomic mass is 16.5. The highest BCUT2D eigenvalue weighted by Gasteiger charge is 2.13. The summed E-state index contributed by atoms with van der Waals surface area (Å²) in [6.07, 6.45) is 1.24. The number of carbonyl (C=O) groups is 1. The van der Waals surface area contributed by atoms with E-state index in [-0.39, 0.29) is 6.42 Å². The Balaban J connectivity index is 1.45. The maximum atomic E-state index is 11.0. The second-order valence-electron chi connectivity index (χ2n) is 8.56. The molecule has 0 radical (unpaired) electrons. The fourth-order valence-electron chi connectivity index (χ4n) is 3.98. The van der Waals surface area contributed by atoms with Gasteiger partial charge in [-0.15, -0.1) is 0 Å². The number of nitrogens with zero attached hydrogens (tertiary/aromatic N) is 1. The summed E-state index contributed by atoms with van der Waals surface area (Å²) in [6, 6.07) is 20.2. The van der Waals surface area contributed by atoms with Gasteiger partial charge in [0.25, 0.3) is 0 Å². The molecule has 0 saturated heterocycles. The molecule has 3 aromatic carbocycles. The van der Waals surface area contributed by atoms with E-state index in [1.54, 1.807) is 0 Å². The van der Waals surface area contributed by atoms with Gasteiger partial charge in [0.1, 0.15) is 11.5 Å². The molecule has 4 rings (SSSR count). The Labute approximate surface area is 194 Å². The van der Waals surface area contributed by atoms with Gasteiger partial charge in [-0.05, 0) is 54.0 Å². The highest BCUT2D eigenvalue weighted by Crippen LogP contribution is 2.29. The number of benzene rings is 3. The monoisotopic (exact) mass is 443 g/mol. The number of aromatic nitrogens is 1. The topological polar surface area (TPSA) is 72.6 Å². The van der Waals surface area contributed by atoms with Gasteiger partial charge >= 0.3 is 5.97 Å². The van der Waals surface area contributed by atoms with Gasteiger partial charge in [0.05, 0.1) is 12.3 Å². The van der Waals surface area contributed by atoms with Crippen LogP contribution in [-0.4, -0.2) is 22.7 Å². The van der Waals surface area contributed by atoms with Gasteiger partial charge < -0.3 is 14.3 Å². The molecule has 5 heteroatoms. The van der Waals surface area contributed by atoms with Crippen molar-refractivity contribution in [1.82, 2.24) is 4.98 Å². The second-order valence-corrected chi connectivity index (χ2v) is 8.56. The van der Waals surface area contributed by atoms with E-state index in [9.17, 15) is 4.79 Å². The minimum Gasteiger partial charge on any atom is -0.493 e. The standard InChI is InChI=1S/C28H29NO4/c1-18(2)20-10-12-22(13-11-20)28-29-25(19(3)33-28)16-17-32-26-9-5-7-23-21(14-15-27(30)31)6-4-8-24(23)26/h4-13,18H,14-17H2,1-3H3,(H,30,31). The molecule has 1 heterocycles. The van der Waals surface area contributed by atoms with Crippen LogP contribution >= 0.6 is 0 Å². The Hall–Kier alpha value is -3.60. The van der Waals surface area contributed by atoms with Crippen LogP contribution in [0, 0.1) is 6.92 Å². The Morgan fingerprint density at radius 3 is 2.45 bits per heavy atom. The van der Waals surface area contributed by atoms with Crippen molar-refractivity contribution in [2.24, 2.45) is 0 Å². The molecule has 4 aromatic rings. The maximum absolute atomic E-state index is 11.0. The van der Waals surface area contributed by atoms with Gasteiger partial charge in [-0.2, -0.15) is 0 Å². The van der Waals surface area contributed by atoms with Crippen LogP contribution in [0.2, 0.25) is 0 Å². The van der Waals surface area contributed by atoms with Gasteiger partial charge in [0, 0.05) is 23.8 Å². The molecule has 0 fully saturated rings. The van der Waals surface area contributed by atoms with E-state index in [1.165, 1.54) is 5.56 Å². The Bertz CT molecular complexity index is 1250. The van der Waals surface area contributed by atoms with Crippen LogP contribution < -0.4 is 4.74 Å². The Morgan fingerprint density at radius 1 is 1.00 bits per heavy atom. The summed E-state index contributed by atoms with van der Waals surface area (Å²) in [6.45, 7) is 6.75. The molecule has 0 aliphatic heterocycles. The van der Waals surface area contributed by atoms with E-state index < -0.39 is 5.97 Å². The van der Waals surface area contributed by atoms with E-state index >= 15 is 0 Å². The Morgan fingerprint density at radius 2 is 1.73 bits per heavy atom. The molecule has 0 spiro atoms. The van der Waals surface area contributed by atoms with E-state index in [2.05, 4.69) is 38.1 Å². The van der Waals surface area contributed by atoms with Crippen LogP contribution in [0.25, 0.3) is 22.2 Å². The van der Waals surface area contributed by atoms with Crippen molar-refractivity contribution in [3.63, 3.8) is 0 Å². The number of fused-ring (bicyclic) bond motifs is 1. The normalized spacial score (nSPS) is 11.3. The van der Waals surface area contributed by atoms with Crippen molar-refractivity contribution in [1.29, 1.82) is 0 Å². The number of rotatable bonds is 9. The maximum Gasteiger partial charge on any atom is 0.303 e. The van der Waals surface area contributed by atoms with Crippen molar-refractivity contribution in [2.75, 3.05) is 6.61 Å². The second kappa shape index (κ2) is 9.90. The molecular weight excluding hydrogens is 414 g/mol. The van der Waals surface area contributed by atoms with Crippen LogP contribution in [0.4, 0.5) is 0 Å². The highest BCUT2D eigenvalue weighted by molar-refractivity contribution is 5.91. The zero-order valence-electron chi connectivity index (χ0n) is 19.3. The predicted octanol–water partition coefficient (Wildman–Crippen LogP) is 6.57. The molecule has 1 N–H and O–H groups in total. The van der Waals surface area contributed by atoms with Crippen molar-refractivity contribution >= 4 is 16.7 Å². The summed E-state index contributed by atoms with van der Waals surface area (Å²) in [5, 5.41) is 11.0. The van der Waals surface area contributed by atoms with E-state index in [1.807, 2.05) is 43.3 Å². The van der Waals surface area contributed by atoms with Crippen LogP contribution in [-0.2, 0) is 17.6 Å². The first-order valence-corrected chi connectivity index (χ1v) is 11.3. The summed E-state index contributed by atoms with van der Waals surface area (Å²) in [7, 11) is 0. The van der Waals surface area contributed by atoms with E-state index in [0.717, 1.165) is 39.1 Å². The summed E-state index contributed by atoms with van der Waals surface area (Å²) in [4.78, 5) is 15.7. The van der Waals surface area contributed by atoms with Crippen molar-refractivity contribution in [2.45, 2.75) is 46.0 Å². The molecule has 0 amide bonds. The number of hydrogen-bond donors (Lipinski definition) is 1. The van der Waals surface area contributed by atoms with Crippen LogP contribution in [0.15, 0.2) is 65.1 Å². The fourth-order valence-corrected chi connectivity index (χ4v) is 3.98. The van der Waals surface area contributed by atoms with E-state index in [0.29, 0.717) is 31.3 Å². The van der Waals surface area contributed by atoms with Crippen LogP contribution in [0.1, 0.15) is 48.8 Å². The third kappa shape index (κ3) is 5.25. The van der Waals surface area contributed by atoms with Gasteiger partial charge in [0.15, 0.2) is 0 Å². The predicted molar refractivity (Wildman–Crippen MR) is 130 cm³/mol. The zero-order valence-corrected chi connectivity index (χ0v) is 19.3. The summed E-state index contributed by atoms with van der Waals surface area (Å²) < 4.78 is 12.0. The van der Waals surface area contributed by atoms with Gasteiger partial charge in [0.2, 0.25) is 5.89 Å². The first-order valence-electron chi connectivity index (χ1n) is 11.3. The van der Waals surface area contributed by atoms with Gasteiger partial charge in [-0.25, -0.2) is 4.98 Å². The average molecular weight is 444 g/mol. The molecule has 0 saturated carbocycles. The third-order valence-corrected chi connectivity index (χ3v) is 5.89. The fraction of sp³-hybridized carbons (Fsp3) is 0.286. The third-order valence-electron chi connectivity index (χ3n) is 5.89. The first-order chi connectivity index (χ1) is 15.9. The number of oxazole rings is 1. The number of ether oxygens (including phenoxy) is 1. The number of carboxylic acid groups (broad SMARTS) is 1. The molecule has 170 valence electrons. The molecule has 1 aromatic heterocycles. The lowest BCUT2D eigenvalue weighted by atomic mass is 10.0. The van der Waals surface area contributed by atoms with Gasteiger partial charge in [-0.1, -0.05) is 56.3 Å². The van der Waals surface area contributed by atoms with Crippen LogP contribution in [0.3, 0.4) is 0 Å². The SMILES string of the molecule is Cc1oc(-c2ccc(C(C)C)cc2)nc1CCOc1cccc2c(CCC(=O)O)cccc12. The first kappa shape index (κ1) is 22.6. The quantitative estimate of drug-likeness (QED) is 0.317. The molecule has 5 nitrogen and oxygen atoms in total. The Kier molecular flexibility index (Phi) is 6.78. The zero-order chi connectivity index (χ0) is 23.4. The van der Waals surface area contributed by atoms with Crippen LogP contribution in [0.5, 0.6) is 5.75 Å². The lowest BCUT2D eigenvalue weighted by molar-refractivity contribution is -0.136. The molecule has 0 aliphatic carbocycles. The molecule has 0 aliphatic rings. The smallest absolute Gasteiger partial charge is 0.303 e. The number of hydrogen-bond acceptors (Lipinski definition) is 4. The molecule has 33 heavy (non-hydrogen) atoms. The lowest BCUT2D eigenvalue weighted by Crippen LogP contribution is -2.03. The summed E-state index contributed by atoms with van der Waals surface area (Å²) in [5.41, 5.74) is 4.16. The lowest BCUT2D eigenvalue weighted by Gasteiger charge is -2.11. The minimum absolute atomic E-state index is 0.109. The number of aryl methyl sites for hydroxylation is 2. The minimum atomic E-state index is -0.794. The number of aliphatic carboxylic acids is 1. The molecule has 0 atom stereocenters.